The number of alkyl halides is 3. The van der Waals surface area contributed by atoms with Crippen LogP contribution in [0.15, 0.2) is 71.8 Å². The number of benzene rings is 2. The number of halogens is 3. The number of likely N-dealkylation sites (tertiary alicyclic amines) is 2. The van der Waals surface area contributed by atoms with E-state index in [4.69, 9.17) is 4.74 Å². The number of hydrogen-bond acceptors (Lipinski definition) is 8. The Balaban J connectivity index is 1.03. The average molecular weight is 661 g/mol. The van der Waals surface area contributed by atoms with Crippen molar-refractivity contribution in [3.63, 3.8) is 0 Å². The van der Waals surface area contributed by atoms with Crippen molar-refractivity contribution in [3.8, 4) is 11.5 Å². The normalized spacial score (nSPS) is 17.0. The van der Waals surface area contributed by atoms with Crippen molar-refractivity contribution >= 4 is 21.7 Å². The lowest BCUT2D eigenvalue weighted by Crippen LogP contribution is -2.44. The van der Waals surface area contributed by atoms with Crippen molar-refractivity contribution in [2.24, 2.45) is 0 Å². The molecule has 14 heteroatoms. The topological polar surface area (TPSA) is 118 Å². The summed E-state index contributed by atoms with van der Waals surface area (Å²) in [5, 5.41) is 3.01. The predicted octanol–water partition coefficient (Wildman–Crippen LogP) is 4.46. The van der Waals surface area contributed by atoms with Gasteiger partial charge in [-0.3, -0.25) is 19.5 Å². The third-order valence-electron chi connectivity index (χ3n) is 8.01. The van der Waals surface area contributed by atoms with Crippen molar-refractivity contribution in [1.82, 2.24) is 20.1 Å². The Hall–Kier alpha value is -4.17. The first kappa shape index (κ1) is 33.2. The molecule has 5 rings (SSSR count). The molecule has 2 aliphatic heterocycles. The summed E-state index contributed by atoms with van der Waals surface area (Å²) < 4.78 is 70.3. The van der Waals surface area contributed by atoms with Gasteiger partial charge in [0.25, 0.3) is 11.8 Å². The Morgan fingerprint density at radius 2 is 1.52 bits per heavy atom. The van der Waals surface area contributed by atoms with Crippen molar-refractivity contribution < 1.29 is 40.7 Å². The predicted molar refractivity (Wildman–Crippen MR) is 162 cm³/mol. The van der Waals surface area contributed by atoms with Crippen LogP contribution in [0.2, 0.25) is 0 Å². The molecule has 0 radical (unpaired) electrons. The average Bonchev–Trinajstić information content (AvgIpc) is 3.02. The van der Waals surface area contributed by atoms with Crippen molar-refractivity contribution in [1.29, 1.82) is 0 Å². The largest absolute Gasteiger partial charge is 0.573 e. The number of ether oxygens (including phenoxy) is 2. The zero-order valence-corrected chi connectivity index (χ0v) is 26.0. The number of carbonyl (C=O) groups is 2. The standard InChI is InChI=1S/C32H35F3N4O6S/c1-46(42,43)28-9-7-25(8-10-28)44-26-14-18-39(19-15-26)31(41)23-4-11-29(36-20-23)30(40)37-24-12-16-38(17-13-24)21-22-2-5-27(6-3-22)45-32(33,34)35/h2-11,20,24,26H,12-19,21H2,1H3,(H,37,40). The second kappa shape index (κ2) is 14.1. The molecule has 1 aromatic heterocycles. The summed E-state index contributed by atoms with van der Waals surface area (Å²) in [6.45, 7) is 2.98. The Kier molecular flexibility index (Phi) is 10.2. The summed E-state index contributed by atoms with van der Waals surface area (Å²) >= 11 is 0. The molecule has 3 aromatic rings. The molecule has 10 nitrogen and oxygen atoms in total. The molecule has 0 atom stereocenters. The number of nitrogens with zero attached hydrogens (tertiary/aromatic N) is 3. The lowest BCUT2D eigenvalue weighted by Gasteiger charge is -2.32. The molecule has 1 N–H and O–H groups in total. The fraction of sp³-hybridized carbons (Fsp3) is 0.406. The highest BCUT2D eigenvalue weighted by molar-refractivity contribution is 7.90. The van der Waals surface area contributed by atoms with Crippen LogP contribution in [0.5, 0.6) is 11.5 Å². The third kappa shape index (κ3) is 9.19. The van der Waals surface area contributed by atoms with E-state index in [0.29, 0.717) is 69.7 Å². The maximum atomic E-state index is 13.1. The second-order valence-electron chi connectivity index (χ2n) is 11.5. The lowest BCUT2D eigenvalue weighted by atomic mass is 10.0. The molecule has 0 spiro atoms. The minimum atomic E-state index is -4.72. The highest BCUT2D eigenvalue weighted by Crippen LogP contribution is 2.24. The molecule has 246 valence electrons. The summed E-state index contributed by atoms with van der Waals surface area (Å²) in [6, 6.07) is 15.2. The van der Waals surface area contributed by atoms with Gasteiger partial charge in [0.05, 0.1) is 10.5 Å². The van der Waals surface area contributed by atoms with E-state index in [0.717, 1.165) is 11.8 Å². The van der Waals surface area contributed by atoms with Crippen molar-refractivity contribution in [2.75, 3.05) is 32.4 Å². The SMILES string of the molecule is CS(=O)(=O)c1ccc(OC2CCN(C(=O)c3ccc(C(=O)NC4CCN(Cc5ccc(OC(F)(F)F)cc5)CC4)nc3)CC2)cc1. The molecule has 0 bridgehead atoms. The molecule has 46 heavy (non-hydrogen) atoms. The first-order valence-corrected chi connectivity index (χ1v) is 16.8. The van der Waals surface area contributed by atoms with E-state index in [1.165, 1.54) is 30.5 Å². The van der Waals surface area contributed by atoms with E-state index in [-0.39, 0.29) is 40.3 Å². The highest BCUT2D eigenvalue weighted by Gasteiger charge is 2.31. The van der Waals surface area contributed by atoms with Gasteiger partial charge in [0, 0.05) is 64.1 Å². The molecule has 3 heterocycles. The molecule has 2 amide bonds. The number of sulfone groups is 1. The van der Waals surface area contributed by atoms with E-state index < -0.39 is 16.2 Å². The fourth-order valence-electron chi connectivity index (χ4n) is 5.52. The van der Waals surface area contributed by atoms with Gasteiger partial charge in [0.2, 0.25) is 0 Å². The molecule has 2 saturated heterocycles. The molecule has 0 saturated carbocycles. The van der Waals surface area contributed by atoms with E-state index in [2.05, 4.69) is 19.9 Å². The van der Waals surface area contributed by atoms with Gasteiger partial charge in [-0.05, 0) is 66.9 Å². The molecule has 2 fully saturated rings. The Labute approximate surface area is 265 Å². The summed E-state index contributed by atoms with van der Waals surface area (Å²) in [5.41, 5.74) is 1.47. The van der Waals surface area contributed by atoms with Gasteiger partial charge < -0.3 is 19.7 Å². The highest BCUT2D eigenvalue weighted by atomic mass is 32.2. The van der Waals surface area contributed by atoms with Crippen molar-refractivity contribution in [3.05, 3.63) is 83.7 Å². The zero-order chi connectivity index (χ0) is 32.9. The zero-order valence-electron chi connectivity index (χ0n) is 25.2. The van der Waals surface area contributed by atoms with Crippen LogP contribution in [-0.4, -0.2) is 86.0 Å². The second-order valence-corrected chi connectivity index (χ2v) is 13.5. The third-order valence-corrected chi connectivity index (χ3v) is 9.14. The van der Waals surface area contributed by atoms with Crippen molar-refractivity contribution in [2.45, 2.75) is 55.6 Å². The minimum absolute atomic E-state index is 0.0458. The van der Waals surface area contributed by atoms with Crippen LogP contribution in [0.3, 0.4) is 0 Å². The van der Waals surface area contributed by atoms with Gasteiger partial charge in [0.15, 0.2) is 9.84 Å². The first-order chi connectivity index (χ1) is 21.8. The Bertz CT molecular complexity index is 1600. The number of nitrogens with one attached hydrogen (secondary N) is 1. The Morgan fingerprint density at radius 3 is 2.09 bits per heavy atom. The van der Waals surface area contributed by atoms with Gasteiger partial charge in [-0.15, -0.1) is 13.2 Å². The molecule has 2 aliphatic rings. The summed E-state index contributed by atoms with van der Waals surface area (Å²) in [6.07, 6.45) is 0.407. The van der Waals surface area contributed by atoms with Crippen LogP contribution in [-0.2, 0) is 16.4 Å². The van der Waals surface area contributed by atoms with Crippen LogP contribution in [0.1, 0.15) is 52.1 Å². The van der Waals surface area contributed by atoms with Gasteiger partial charge in [0.1, 0.15) is 23.3 Å². The van der Waals surface area contributed by atoms with Crippen LogP contribution in [0.4, 0.5) is 13.2 Å². The number of carbonyl (C=O) groups excluding carboxylic acids is 2. The number of hydrogen-bond donors (Lipinski definition) is 1. The van der Waals surface area contributed by atoms with Gasteiger partial charge in [-0.1, -0.05) is 12.1 Å². The molecular formula is C32H35F3N4O6S. The molecule has 0 aliphatic carbocycles. The Morgan fingerprint density at radius 1 is 0.891 bits per heavy atom. The number of amides is 2. The van der Waals surface area contributed by atoms with Gasteiger partial charge >= 0.3 is 6.36 Å². The number of aromatic nitrogens is 1. The lowest BCUT2D eigenvalue weighted by molar-refractivity contribution is -0.274. The summed E-state index contributed by atoms with van der Waals surface area (Å²) in [5.74, 6) is -0.174. The van der Waals surface area contributed by atoms with Crippen LogP contribution in [0, 0.1) is 0 Å². The number of pyridine rings is 1. The fourth-order valence-corrected chi connectivity index (χ4v) is 6.15. The monoisotopic (exact) mass is 660 g/mol. The van der Waals surface area contributed by atoms with E-state index in [9.17, 15) is 31.2 Å². The minimum Gasteiger partial charge on any atom is -0.490 e. The van der Waals surface area contributed by atoms with Gasteiger partial charge in [-0.25, -0.2) is 8.42 Å². The molecule has 2 aromatic carbocycles. The van der Waals surface area contributed by atoms with Crippen LogP contribution in [0.25, 0.3) is 0 Å². The quantitative estimate of drug-likeness (QED) is 0.358. The van der Waals surface area contributed by atoms with Crippen LogP contribution < -0.4 is 14.8 Å². The number of piperidine rings is 2. The van der Waals surface area contributed by atoms with E-state index in [1.807, 2.05) is 0 Å². The van der Waals surface area contributed by atoms with E-state index >= 15 is 0 Å². The maximum Gasteiger partial charge on any atom is 0.573 e. The smallest absolute Gasteiger partial charge is 0.490 e. The summed E-state index contributed by atoms with van der Waals surface area (Å²) in [4.78, 5) is 34.3. The first-order valence-electron chi connectivity index (χ1n) is 14.9. The maximum absolute atomic E-state index is 13.1. The summed E-state index contributed by atoms with van der Waals surface area (Å²) in [7, 11) is -3.28. The molecule has 0 unspecified atom stereocenters. The van der Waals surface area contributed by atoms with E-state index in [1.54, 1.807) is 41.3 Å². The molecular weight excluding hydrogens is 625 g/mol. The number of rotatable bonds is 9. The van der Waals surface area contributed by atoms with Crippen LogP contribution >= 0.6 is 0 Å². The van der Waals surface area contributed by atoms with Gasteiger partial charge in [-0.2, -0.15) is 0 Å².